The van der Waals surface area contributed by atoms with Gasteiger partial charge in [0.1, 0.15) is 16.7 Å². The summed E-state index contributed by atoms with van der Waals surface area (Å²) < 4.78 is 0. The second kappa shape index (κ2) is 1.85. The highest BCUT2D eigenvalue weighted by Gasteiger charge is 1.96. The second-order valence-corrected chi connectivity index (χ2v) is 2.16. The van der Waals surface area contributed by atoms with Crippen LogP contribution in [0.15, 0.2) is 11.4 Å². The molecule has 0 bridgehead atoms. The van der Waals surface area contributed by atoms with Gasteiger partial charge in [0.25, 0.3) is 0 Å². The molecule has 0 saturated heterocycles. The first kappa shape index (κ1) is 5.13. The van der Waals surface area contributed by atoms with Crippen molar-refractivity contribution in [3.63, 3.8) is 0 Å². The summed E-state index contributed by atoms with van der Waals surface area (Å²) in [6, 6.07) is 3.35. The minimum atomic E-state index is 0.0810. The molecule has 0 radical (unpaired) electrons. The van der Waals surface area contributed by atoms with Gasteiger partial charge >= 0.3 is 0 Å². The first-order valence-corrected chi connectivity index (χ1v) is 2.89. The van der Waals surface area contributed by atoms with Crippen LogP contribution in [0.4, 0.5) is 0 Å². The fraction of sp³-hybridized carbons (Fsp3) is 0. The van der Waals surface area contributed by atoms with Gasteiger partial charge in [-0.1, -0.05) is 0 Å². The highest BCUT2D eigenvalue weighted by atomic mass is 32.1. The molecule has 40 valence electrons. The van der Waals surface area contributed by atoms with E-state index in [-0.39, 0.29) is 5.75 Å². The van der Waals surface area contributed by atoms with Crippen LogP contribution in [0.1, 0.15) is 4.88 Å². The van der Waals surface area contributed by atoms with Crippen LogP contribution in [-0.4, -0.2) is 5.11 Å². The van der Waals surface area contributed by atoms with Crippen LogP contribution in [-0.2, 0) is 0 Å². The standard InChI is InChI=1S/C5H3NOS/c6-3-5-4(7)1-2-8-5/h1-2,7H. The molecular formula is C5H3NOS. The molecule has 0 aliphatic carbocycles. The molecular weight excluding hydrogens is 122 g/mol. The van der Waals surface area contributed by atoms with Crippen molar-refractivity contribution < 1.29 is 5.11 Å². The Morgan fingerprint density at radius 2 is 2.50 bits per heavy atom. The summed E-state index contributed by atoms with van der Waals surface area (Å²) in [4.78, 5) is 0.380. The first-order chi connectivity index (χ1) is 3.84. The number of thiophene rings is 1. The van der Waals surface area contributed by atoms with Crippen molar-refractivity contribution in [3.05, 3.63) is 16.3 Å². The normalized spacial score (nSPS) is 8.38. The van der Waals surface area contributed by atoms with E-state index in [1.54, 1.807) is 5.38 Å². The van der Waals surface area contributed by atoms with Gasteiger partial charge < -0.3 is 5.11 Å². The summed E-state index contributed by atoms with van der Waals surface area (Å²) in [6.45, 7) is 0. The third kappa shape index (κ3) is 0.658. The molecule has 3 heteroatoms. The Labute approximate surface area is 50.6 Å². The molecule has 1 heterocycles. The number of rotatable bonds is 0. The molecule has 0 atom stereocenters. The molecule has 0 fully saturated rings. The van der Waals surface area contributed by atoms with Crippen molar-refractivity contribution >= 4 is 11.3 Å². The summed E-state index contributed by atoms with van der Waals surface area (Å²) >= 11 is 1.24. The van der Waals surface area contributed by atoms with E-state index >= 15 is 0 Å². The summed E-state index contributed by atoms with van der Waals surface area (Å²) in [5.41, 5.74) is 0. The van der Waals surface area contributed by atoms with Gasteiger partial charge in [-0.2, -0.15) is 5.26 Å². The SMILES string of the molecule is N#Cc1sccc1O. The summed E-state index contributed by atoms with van der Waals surface area (Å²) in [5.74, 6) is 0.0810. The topological polar surface area (TPSA) is 44.0 Å². The average molecular weight is 125 g/mol. The first-order valence-electron chi connectivity index (χ1n) is 2.01. The number of aromatic hydroxyl groups is 1. The molecule has 0 amide bonds. The highest BCUT2D eigenvalue weighted by Crippen LogP contribution is 2.20. The van der Waals surface area contributed by atoms with Crippen molar-refractivity contribution in [2.45, 2.75) is 0 Å². The minimum Gasteiger partial charge on any atom is -0.506 e. The Kier molecular flexibility index (Phi) is 1.18. The molecule has 0 aromatic carbocycles. The molecule has 1 N–H and O–H groups in total. The van der Waals surface area contributed by atoms with Gasteiger partial charge in [0.05, 0.1) is 0 Å². The van der Waals surface area contributed by atoms with E-state index in [9.17, 15) is 0 Å². The zero-order chi connectivity index (χ0) is 5.98. The van der Waals surface area contributed by atoms with E-state index in [4.69, 9.17) is 10.4 Å². The van der Waals surface area contributed by atoms with E-state index in [1.807, 2.05) is 6.07 Å². The zero-order valence-corrected chi connectivity index (χ0v) is 4.77. The predicted molar refractivity (Wildman–Crippen MR) is 30.7 cm³/mol. The van der Waals surface area contributed by atoms with Crippen LogP contribution in [0.3, 0.4) is 0 Å². The van der Waals surface area contributed by atoms with Crippen molar-refractivity contribution in [1.29, 1.82) is 5.26 Å². The van der Waals surface area contributed by atoms with Crippen LogP contribution >= 0.6 is 11.3 Å². The Bertz CT molecular complexity index is 223. The molecule has 2 nitrogen and oxygen atoms in total. The summed E-state index contributed by atoms with van der Waals surface area (Å²) in [6.07, 6.45) is 0. The molecule has 0 spiro atoms. The van der Waals surface area contributed by atoms with E-state index in [0.717, 1.165) is 0 Å². The maximum absolute atomic E-state index is 8.74. The molecule has 0 aliphatic heterocycles. The monoisotopic (exact) mass is 125 g/mol. The van der Waals surface area contributed by atoms with Gasteiger partial charge in [0.2, 0.25) is 0 Å². The van der Waals surface area contributed by atoms with Crippen molar-refractivity contribution in [2.24, 2.45) is 0 Å². The zero-order valence-electron chi connectivity index (χ0n) is 3.96. The number of nitriles is 1. The maximum Gasteiger partial charge on any atom is 0.146 e. The van der Waals surface area contributed by atoms with Gasteiger partial charge in [0.15, 0.2) is 0 Å². The quantitative estimate of drug-likeness (QED) is 0.568. The number of nitrogens with zero attached hydrogens (tertiary/aromatic N) is 1. The van der Waals surface area contributed by atoms with Crippen molar-refractivity contribution in [3.8, 4) is 11.8 Å². The van der Waals surface area contributed by atoms with Gasteiger partial charge in [-0.25, -0.2) is 0 Å². The van der Waals surface area contributed by atoms with Gasteiger partial charge in [0, 0.05) is 0 Å². The Morgan fingerprint density at radius 3 is 2.75 bits per heavy atom. The summed E-state index contributed by atoms with van der Waals surface area (Å²) in [7, 11) is 0. The van der Waals surface area contributed by atoms with Gasteiger partial charge in [-0.3, -0.25) is 0 Å². The lowest BCUT2D eigenvalue weighted by Gasteiger charge is -1.76. The lowest BCUT2D eigenvalue weighted by molar-refractivity contribution is 0.476. The Balaban J connectivity index is 3.15. The molecule has 1 aromatic rings. The average Bonchev–Trinajstić information content (AvgIpc) is 2.14. The van der Waals surface area contributed by atoms with Gasteiger partial charge in [-0.15, -0.1) is 11.3 Å². The van der Waals surface area contributed by atoms with E-state index in [1.165, 1.54) is 17.4 Å². The third-order valence-corrected chi connectivity index (χ3v) is 1.55. The van der Waals surface area contributed by atoms with Crippen LogP contribution in [0.5, 0.6) is 5.75 Å². The van der Waals surface area contributed by atoms with Crippen LogP contribution in [0.2, 0.25) is 0 Å². The molecule has 8 heavy (non-hydrogen) atoms. The van der Waals surface area contributed by atoms with E-state index in [2.05, 4.69) is 0 Å². The Hall–Kier alpha value is -1.01. The predicted octanol–water partition coefficient (Wildman–Crippen LogP) is 1.33. The van der Waals surface area contributed by atoms with Crippen LogP contribution in [0.25, 0.3) is 0 Å². The molecule has 0 unspecified atom stereocenters. The number of hydrogen-bond donors (Lipinski definition) is 1. The highest BCUT2D eigenvalue weighted by molar-refractivity contribution is 7.10. The van der Waals surface area contributed by atoms with E-state index in [0.29, 0.717) is 4.88 Å². The fourth-order valence-electron chi connectivity index (χ4n) is 0.386. The molecule has 0 saturated carbocycles. The smallest absolute Gasteiger partial charge is 0.146 e. The molecule has 1 rings (SSSR count). The van der Waals surface area contributed by atoms with Crippen LogP contribution in [0, 0.1) is 11.3 Å². The fourth-order valence-corrected chi connectivity index (χ4v) is 0.961. The Morgan fingerprint density at radius 1 is 1.75 bits per heavy atom. The second-order valence-electron chi connectivity index (χ2n) is 1.25. The van der Waals surface area contributed by atoms with Crippen molar-refractivity contribution in [1.82, 2.24) is 0 Å². The largest absolute Gasteiger partial charge is 0.506 e. The molecule has 0 aliphatic rings. The summed E-state index contributed by atoms with van der Waals surface area (Å²) in [5, 5.41) is 18.6. The van der Waals surface area contributed by atoms with Crippen LogP contribution < -0.4 is 0 Å². The van der Waals surface area contributed by atoms with Crippen molar-refractivity contribution in [2.75, 3.05) is 0 Å². The number of hydrogen-bond acceptors (Lipinski definition) is 3. The van der Waals surface area contributed by atoms with E-state index < -0.39 is 0 Å². The third-order valence-electron chi connectivity index (χ3n) is 0.746. The maximum atomic E-state index is 8.74. The minimum absolute atomic E-state index is 0.0810. The molecule has 1 aromatic heterocycles. The lowest BCUT2D eigenvalue weighted by atomic mass is 10.5. The van der Waals surface area contributed by atoms with Gasteiger partial charge in [-0.05, 0) is 11.4 Å². The lowest BCUT2D eigenvalue weighted by Crippen LogP contribution is -1.58.